The highest BCUT2D eigenvalue weighted by molar-refractivity contribution is 5.81. The van der Waals surface area contributed by atoms with Crippen LogP contribution in [0.2, 0.25) is 0 Å². The molecule has 1 saturated heterocycles. The van der Waals surface area contributed by atoms with Crippen LogP contribution in [0.15, 0.2) is 30.3 Å². The number of carbonyl (C=O) groups is 1. The van der Waals surface area contributed by atoms with Crippen molar-refractivity contribution in [2.24, 2.45) is 5.73 Å². The van der Waals surface area contributed by atoms with Gasteiger partial charge in [-0.3, -0.25) is 5.73 Å². The molecule has 2 rings (SSSR count). The molecule has 0 radical (unpaired) electrons. The van der Waals surface area contributed by atoms with Gasteiger partial charge < -0.3 is 9.84 Å². The van der Waals surface area contributed by atoms with Crippen LogP contribution in [-0.4, -0.2) is 16.8 Å². The third kappa shape index (κ3) is 1.20. The number of benzene rings is 1. The molecule has 68 valence electrons. The Morgan fingerprint density at radius 1 is 1.46 bits per heavy atom. The number of rotatable bonds is 2. The fraction of sp³-hybridized carbons (Fsp3) is 0.222. The van der Waals surface area contributed by atoms with Crippen molar-refractivity contribution in [2.75, 3.05) is 0 Å². The second-order valence-electron chi connectivity index (χ2n) is 3.01. The lowest BCUT2D eigenvalue weighted by atomic mass is 10.1. The van der Waals surface area contributed by atoms with Crippen LogP contribution >= 0.6 is 0 Å². The van der Waals surface area contributed by atoms with E-state index < -0.39 is 17.8 Å². The van der Waals surface area contributed by atoms with Crippen molar-refractivity contribution < 1.29 is 14.6 Å². The fourth-order valence-electron chi connectivity index (χ4n) is 1.27. The standard InChI is InChI=1S/C9H9NO3/c10-9(8(11)12)7(13-9)6-4-2-1-3-5-6/h1-5,7H,10H2,(H,11,12)/t7-,9-/m1/s1. The third-order valence-electron chi connectivity index (χ3n) is 2.08. The lowest BCUT2D eigenvalue weighted by Gasteiger charge is -1.98. The number of nitrogens with two attached hydrogens (primary N) is 1. The molecule has 2 atom stereocenters. The van der Waals surface area contributed by atoms with Gasteiger partial charge in [0.1, 0.15) is 6.10 Å². The van der Waals surface area contributed by atoms with Gasteiger partial charge >= 0.3 is 5.97 Å². The first-order chi connectivity index (χ1) is 6.14. The molecule has 1 aliphatic heterocycles. The van der Waals surface area contributed by atoms with Crippen molar-refractivity contribution in [3.8, 4) is 0 Å². The van der Waals surface area contributed by atoms with Crippen LogP contribution in [0.4, 0.5) is 0 Å². The summed E-state index contributed by atoms with van der Waals surface area (Å²) in [6.07, 6.45) is -0.508. The summed E-state index contributed by atoms with van der Waals surface area (Å²) in [5.74, 6) is -1.12. The highest BCUT2D eigenvalue weighted by Gasteiger charge is 2.61. The summed E-state index contributed by atoms with van der Waals surface area (Å²) in [7, 11) is 0. The first-order valence-electron chi connectivity index (χ1n) is 3.89. The Morgan fingerprint density at radius 3 is 2.54 bits per heavy atom. The summed E-state index contributed by atoms with van der Waals surface area (Å²) in [5.41, 5.74) is 4.73. The van der Waals surface area contributed by atoms with Crippen molar-refractivity contribution in [3.63, 3.8) is 0 Å². The number of carboxylic acids is 1. The van der Waals surface area contributed by atoms with Gasteiger partial charge in [0.2, 0.25) is 5.72 Å². The molecule has 13 heavy (non-hydrogen) atoms. The van der Waals surface area contributed by atoms with Gasteiger partial charge in [0, 0.05) is 0 Å². The number of aliphatic carboxylic acids is 1. The Kier molecular flexibility index (Phi) is 1.61. The smallest absolute Gasteiger partial charge is 0.354 e. The van der Waals surface area contributed by atoms with Gasteiger partial charge in [0.15, 0.2) is 0 Å². The molecule has 1 heterocycles. The predicted molar refractivity (Wildman–Crippen MR) is 44.8 cm³/mol. The van der Waals surface area contributed by atoms with Crippen molar-refractivity contribution >= 4 is 5.97 Å². The van der Waals surface area contributed by atoms with E-state index in [0.29, 0.717) is 0 Å². The highest BCUT2D eigenvalue weighted by atomic mass is 16.6. The summed E-state index contributed by atoms with van der Waals surface area (Å²) in [4.78, 5) is 10.6. The van der Waals surface area contributed by atoms with Gasteiger partial charge in [-0.1, -0.05) is 30.3 Å². The molecule has 4 nitrogen and oxygen atoms in total. The average molecular weight is 179 g/mol. The van der Waals surface area contributed by atoms with Gasteiger partial charge in [-0.15, -0.1) is 0 Å². The van der Waals surface area contributed by atoms with Crippen LogP contribution in [0.25, 0.3) is 0 Å². The molecule has 0 bridgehead atoms. The van der Waals surface area contributed by atoms with Crippen LogP contribution < -0.4 is 5.73 Å². The second-order valence-corrected chi connectivity index (χ2v) is 3.01. The molecule has 0 spiro atoms. The Labute approximate surface area is 74.9 Å². The maximum absolute atomic E-state index is 10.6. The number of hydrogen-bond acceptors (Lipinski definition) is 3. The summed E-state index contributed by atoms with van der Waals surface area (Å²) in [6, 6.07) is 9.08. The molecule has 1 aromatic rings. The average Bonchev–Trinajstić information content (AvgIpc) is 2.81. The van der Waals surface area contributed by atoms with E-state index in [2.05, 4.69) is 0 Å². The molecule has 0 unspecified atom stereocenters. The van der Waals surface area contributed by atoms with E-state index in [0.717, 1.165) is 5.56 Å². The van der Waals surface area contributed by atoms with Crippen molar-refractivity contribution in [1.29, 1.82) is 0 Å². The molecule has 0 aliphatic carbocycles. The Balaban J connectivity index is 2.21. The van der Waals surface area contributed by atoms with E-state index in [1.807, 2.05) is 18.2 Å². The Morgan fingerprint density at radius 2 is 2.08 bits per heavy atom. The maximum Gasteiger partial charge on any atom is 0.354 e. The molecule has 0 amide bonds. The molecular formula is C9H9NO3. The zero-order chi connectivity index (χ0) is 9.47. The van der Waals surface area contributed by atoms with Gasteiger partial charge in [0.25, 0.3) is 0 Å². The number of hydrogen-bond donors (Lipinski definition) is 2. The summed E-state index contributed by atoms with van der Waals surface area (Å²) < 4.78 is 4.93. The first-order valence-corrected chi connectivity index (χ1v) is 3.89. The van der Waals surface area contributed by atoms with Crippen LogP contribution in [0, 0.1) is 0 Å². The molecule has 4 heteroatoms. The fourth-order valence-corrected chi connectivity index (χ4v) is 1.27. The Hall–Kier alpha value is -1.39. The zero-order valence-corrected chi connectivity index (χ0v) is 6.81. The number of epoxide rings is 1. The number of carboxylic acid groups (broad SMARTS) is 1. The molecule has 1 fully saturated rings. The van der Waals surface area contributed by atoms with Crippen LogP contribution in [0.5, 0.6) is 0 Å². The lowest BCUT2D eigenvalue weighted by molar-refractivity contribution is -0.143. The van der Waals surface area contributed by atoms with Crippen LogP contribution in [-0.2, 0) is 9.53 Å². The zero-order valence-electron chi connectivity index (χ0n) is 6.81. The van der Waals surface area contributed by atoms with E-state index in [-0.39, 0.29) is 0 Å². The minimum Gasteiger partial charge on any atom is -0.478 e. The second kappa shape index (κ2) is 2.55. The van der Waals surface area contributed by atoms with E-state index in [1.165, 1.54) is 0 Å². The summed E-state index contributed by atoms with van der Waals surface area (Å²) in [5, 5.41) is 8.69. The highest BCUT2D eigenvalue weighted by Crippen LogP contribution is 2.45. The predicted octanol–water partition coefficient (Wildman–Crippen LogP) is 0.497. The molecule has 1 aliphatic rings. The number of ether oxygens (including phenoxy) is 1. The van der Waals surface area contributed by atoms with Gasteiger partial charge in [-0.05, 0) is 5.56 Å². The van der Waals surface area contributed by atoms with E-state index in [4.69, 9.17) is 15.6 Å². The SMILES string of the molecule is N[C@@]1(C(=O)O)O[C@@H]1c1ccccc1. The van der Waals surface area contributed by atoms with Crippen molar-refractivity contribution in [2.45, 2.75) is 11.8 Å². The largest absolute Gasteiger partial charge is 0.478 e. The quantitative estimate of drug-likeness (QED) is 0.648. The summed E-state index contributed by atoms with van der Waals surface area (Å²) in [6.45, 7) is 0. The van der Waals surface area contributed by atoms with Gasteiger partial charge in [0.05, 0.1) is 0 Å². The van der Waals surface area contributed by atoms with Crippen molar-refractivity contribution in [3.05, 3.63) is 35.9 Å². The Bertz CT molecular complexity index is 338. The van der Waals surface area contributed by atoms with E-state index in [9.17, 15) is 4.79 Å². The molecule has 0 saturated carbocycles. The summed E-state index contributed by atoms with van der Waals surface area (Å²) >= 11 is 0. The normalized spacial score (nSPS) is 31.3. The van der Waals surface area contributed by atoms with Gasteiger partial charge in [-0.2, -0.15) is 0 Å². The third-order valence-corrected chi connectivity index (χ3v) is 2.08. The molecule has 0 aromatic heterocycles. The van der Waals surface area contributed by atoms with Crippen molar-refractivity contribution in [1.82, 2.24) is 0 Å². The van der Waals surface area contributed by atoms with Crippen LogP contribution in [0.1, 0.15) is 11.7 Å². The first kappa shape index (κ1) is 8.22. The lowest BCUT2D eigenvalue weighted by Crippen LogP contribution is -2.35. The van der Waals surface area contributed by atoms with Crippen LogP contribution in [0.3, 0.4) is 0 Å². The molecular weight excluding hydrogens is 170 g/mol. The monoisotopic (exact) mass is 179 g/mol. The van der Waals surface area contributed by atoms with E-state index in [1.54, 1.807) is 12.1 Å². The maximum atomic E-state index is 10.6. The molecule has 3 N–H and O–H groups in total. The topological polar surface area (TPSA) is 75.9 Å². The molecule has 1 aromatic carbocycles. The van der Waals surface area contributed by atoms with E-state index >= 15 is 0 Å². The van der Waals surface area contributed by atoms with Gasteiger partial charge in [-0.25, -0.2) is 4.79 Å². The minimum atomic E-state index is -1.51. The minimum absolute atomic E-state index is 0.508.